The van der Waals surface area contributed by atoms with Crippen molar-refractivity contribution in [2.45, 2.75) is 75.4 Å². The Kier molecular flexibility index (Phi) is 5.35. The summed E-state index contributed by atoms with van der Waals surface area (Å²) in [5.74, 6) is 3.74. The monoisotopic (exact) mass is 442 g/mol. The molecule has 8 heteroatoms. The van der Waals surface area contributed by atoms with Gasteiger partial charge in [-0.05, 0) is 63.0 Å². The van der Waals surface area contributed by atoms with Crippen molar-refractivity contribution < 1.29 is 0 Å². The maximum Gasteiger partial charge on any atom is 0.153 e. The molecule has 0 radical (unpaired) electrons. The molecule has 170 valence electrons. The van der Waals surface area contributed by atoms with Crippen molar-refractivity contribution in [3.05, 3.63) is 36.2 Å². The van der Waals surface area contributed by atoms with E-state index in [9.17, 15) is 0 Å². The molecule has 2 bridgehead atoms. The quantitative estimate of drug-likeness (QED) is 0.423. The second-order valence-electron chi connectivity index (χ2n) is 9.94. The van der Waals surface area contributed by atoms with E-state index < -0.39 is 0 Å². The number of piperidine rings is 2. The molecule has 4 atom stereocenters. The second-order valence-corrected chi connectivity index (χ2v) is 9.94. The molecule has 8 nitrogen and oxygen atoms in total. The summed E-state index contributed by atoms with van der Waals surface area (Å²) < 4.78 is 0. The Morgan fingerprint density at radius 2 is 1.94 bits per heavy atom. The lowest BCUT2D eigenvalue weighted by molar-refractivity contribution is 0.171. The second kappa shape index (κ2) is 8.64. The first-order chi connectivity index (χ1) is 16.2. The predicted octanol–water partition coefficient (Wildman–Crippen LogP) is 4.59. The first-order valence-electron chi connectivity index (χ1n) is 12.2. The van der Waals surface area contributed by atoms with Crippen LogP contribution in [0.4, 0.5) is 17.5 Å². The first kappa shape index (κ1) is 20.4. The minimum atomic E-state index is 0.371. The molecule has 3 aromatic rings. The minimum absolute atomic E-state index is 0.371. The average Bonchev–Trinajstić information content (AvgIpc) is 3.56. The molecule has 1 aliphatic carbocycles. The molecule has 4 N–H and O–H groups in total. The summed E-state index contributed by atoms with van der Waals surface area (Å²) in [5, 5.41) is 28.5. The lowest BCUT2D eigenvalue weighted by Crippen LogP contribution is -2.54. The lowest BCUT2D eigenvalue weighted by Gasteiger charge is -2.44. The summed E-state index contributed by atoms with van der Waals surface area (Å²) in [6.45, 7) is 0. The number of anilines is 3. The molecule has 2 aliphatic heterocycles. The van der Waals surface area contributed by atoms with Crippen LogP contribution < -0.4 is 16.0 Å². The van der Waals surface area contributed by atoms with Gasteiger partial charge in [0, 0.05) is 59.9 Å². The van der Waals surface area contributed by atoms with Crippen molar-refractivity contribution in [3.8, 4) is 6.07 Å². The Bertz CT molecular complexity index is 1160. The van der Waals surface area contributed by atoms with Gasteiger partial charge in [-0.2, -0.15) is 10.4 Å². The van der Waals surface area contributed by atoms with Gasteiger partial charge in [-0.1, -0.05) is 0 Å². The third-order valence-corrected chi connectivity index (χ3v) is 7.32. The van der Waals surface area contributed by atoms with Gasteiger partial charge in [0.05, 0.1) is 11.6 Å². The van der Waals surface area contributed by atoms with Gasteiger partial charge in [-0.25, -0.2) is 4.98 Å². The Hall–Kier alpha value is -3.18. The molecular weight excluding hydrogens is 412 g/mol. The Labute approximate surface area is 193 Å². The molecule has 3 aliphatic rings. The topological polar surface area (TPSA) is 114 Å². The maximum atomic E-state index is 8.94. The number of rotatable bonds is 7. The number of nitrogens with one attached hydrogen (secondary N) is 4. The average molecular weight is 443 g/mol. The molecule has 1 unspecified atom stereocenters. The fraction of sp³-hybridized carbons (Fsp3) is 0.520. The normalized spacial score (nSPS) is 26.6. The highest BCUT2D eigenvalue weighted by molar-refractivity contribution is 5.91. The molecule has 1 saturated carbocycles. The van der Waals surface area contributed by atoms with Crippen molar-refractivity contribution in [3.63, 3.8) is 0 Å². The number of hydrogen-bond donors (Lipinski definition) is 4. The van der Waals surface area contributed by atoms with E-state index in [1.54, 1.807) is 0 Å². The molecule has 3 fully saturated rings. The van der Waals surface area contributed by atoms with Crippen molar-refractivity contribution in [2.24, 2.45) is 5.92 Å². The number of nitrogens with zero attached hydrogens (tertiary/aromatic N) is 4. The maximum absolute atomic E-state index is 8.94. The first-order valence-corrected chi connectivity index (χ1v) is 12.2. The van der Waals surface area contributed by atoms with Crippen LogP contribution in [0.25, 0.3) is 10.9 Å². The Morgan fingerprint density at radius 3 is 2.73 bits per heavy atom. The van der Waals surface area contributed by atoms with Gasteiger partial charge in [0.1, 0.15) is 11.6 Å². The van der Waals surface area contributed by atoms with Crippen molar-refractivity contribution in [1.82, 2.24) is 25.5 Å². The standard InChI is InChI=1S/C25H30N8/c26-7-1-3-15-9-17-11-19(12-18(10-15)28-17)29-25-20-4-2-8-27-22(20)14-23(31-25)30-24-13-21(32-33-24)16-5-6-16/h2,4,8,13-19,28H,1,3,5-6,9-12H2,(H3,29,30,31,32,33)/t15?,17-,18+,19-. The molecule has 0 spiro atoms. The van der Waals surface area contributed by atoms with E-state index in [-0.39, 0.29) is 0 Å². The van der Waals surface area contributed by atoms with Crippen LogP contribution in [0.3, 0.4) is 0 Å². The SMILES string of the molecule is N#CCCC1C[C@@H]2C[C@@H](Nc3nc(Nc4cc(C5CC5)[nH]n4)cc4ncccc34)C[C@H](C1)N2. The smallest absolute Gasteiger partial charge is 0.153 e. The number of pyridine rings is 2. The zero-order chi connectivity index (χ0) is 22.2. The zero-order valence-corrected chi connectivity index (χ0v) is 18.7. The Balaban J connectivity index is 1.20. The van der Waals surface area contributed by atoms with Crippen LogP contribution in [0.1, 0.15) is 63.0 Å². The van der Waals surface area contributed by atoms with E-state index in [2.05, 4.69) is 49.3 Å². The van der Waals surface area contributed by atoms with E-state index in [0.29, 0.717) is 36.4 Å². The third-order valence-electron chi connectivity index (χ3n) is 7.32. The molecular formula is C25H30N8. The Morgan fingerprint density at radius 1 is 1.09 bits per heavy atom. The molecule has 0 amide bonds. The highest BCUT2D eigenvalue weighted by atomic mass is 15.2. The number of H-pyrrole nitrogens is 1. The summed E-state index contributed by atoms with van der Waals surface area (Å²) in [7, 11) is 0. The number of aromatic amines is 1. The zero-order valence-electron chi connectivity index (χ0n) is 18.7. The fourth-order valence-corrected chi connectivity index (χ4v) is 5.68. The van der Waals surface area contributed by atoms with Crippen LogP contribution in [-0.2, 0) is 0 Å². The van der Waals surface area contributed by atoms with E-state index in [0.717, 1.165) is 60.5 Å². The van der Waals surface area contributed by atoms with Gasteiger partial charge in [-0.3, -0.25) is 10.1 Å². The molecule has 3 aromatic heterocycles. The van der Waals surface area contributed by atoms with E-state index in [1.807, 2.05) is 18.3 Å². The van der Waals surface area contributed by atoms with Crippen LogP contribution in [0.5, 0.6) is 0 Å². The third kappa shape index (κ3) is 4.51. The van der Waals surface area contributed by atoms with Crippen LogP contribution in [0.2, 0.25) is 0 Å². The van der Waals surface area contributed by atoms with Crippen LogP contribution >= 0.6 is 0 Å². The van der Waals surface area contributed by atoms with Gasteiger partial charge in [0.15, 0.2) is 5.82 Å². The van der Waals surface area contributed by atoms with Crippen LogP contribution in [-0.4, -0.2) is 38.3 Å². The van der Waals surface area contributed by atoms with Crippen molar-refractivity contribution in [1.29, 1.82) is 5.26 Å². The number of nitriles is 1. The summed E-state index contributed by atoms with van der Waals surface area (Å²) in [4.78, 5) is 9.53. The number of fused-ring (bicyclic) bond motifs is 3. The van der Waals surface area contributed by atoms with Crippen LogP contribution in [0, 0.1) is 17.2 Å². The highest BCUT2D eigenvalue weighted by Crippen LogP contribution is 2.40. The van der Waals surface area contributed by atoms with E-state index in [1.165, 1.54) is 18.5 Å². The molecule has 33 heavy (non-hydrogen) atoms. The fourth-order valence-electron chi connectivity index (χ4n) is 5.68. The van der Waals surface area contributed by atoms with Gasteiger partial charge < -0.3 is 16.0 Å². The van der Waals surface area contributed by atoms with Crippen LogP contribution in [0.15, 0.2) is 30.5 Å². The molecule has 2 saturated heterocycles. The predicted molar refractivity (Wildman–Crippen MR) is 128 cm³/mol. The van der Waals surface area contributed by atoms with Crippen molar-refractivity contribution in [2.75, 3.05) is 10.6 Å². The highest BCUT2D eigenvalue weighted by Gasteiger charge is 2.35. The number of hydrogen-bond acceptors (Lipinski definition) is 7. The lowest BCUT2D eigenvalue weighted by atomic mass is 9.77. The van der Waals surface area contributed by atoms with E-state index >= 15 is 0 Å². The summed E-state index contributed by atoms with van der Waals surface area (Å²) in [6.07, 6.45) is 10.5. The van der Waals surface area contributed by atoms with Gasteiger partial charge >= 0.3 is 0 Å². The van der Waals surface area contributed by atoms with Gasteiger partial charge in [0.2, 0.25) is 0 Å². The molecule has 0 aromatic carbocycles. The summed E-state index contributed by atoms with van der Waals surface area (Å²) >= 11 is 0. The molecule has 5 heterocycles. The minimum Gasteiger partial charge on any atom is -0.367 e. The van der Waals surface area contributed by atoms with E-state index in [4.69, 9.17) is 10.2 Å². The van der Waals surface area contributed by atoms with Crippen molar-refractivity contribution >= 4 is 28.4 Å². The summed E-state index contributed by atoms with van der Waals surface area (Å²) in [6, 6.07) is 11.8. The largest absolute Gasteiger partial charge is 0.367 e. The molecule has 6 rings (SSSR count). The van der Waals surface area contributed by atoms with Gasteiger partial charge in [-0.15, -0.1) is 0 Å². The summed E-state index contributed by atoms with van der Waals surface area (Å²) in [5.41, 5.74) is 2.12. The van der Waals surface area contributed by atoms with Gasteiger partial charge in [0.25, 0.3) is 0 Å². The number of aromatic nitrogens is 4.